The second-order valence-corrected chi connectivity index (χ2v) is 12.0. The van der Waals surface area contributed by atoms with E-state index in [1.165, 1.54) is 21.9 Å². The summed E-state index contributed by atoms with van der Waals surface area (Å²) in [5.74, 6) is -1.10. The summed E-state index contributed by atoms with van der Waals surface area (Å²) < 4.78 is 30.5. The molecule has 2 N–H and O–H groups in total. The number of nitrogens with one attached hydrogen (secondary N) is 2. The third kappa shape index (κ3) is 3.52. The molecule has 0 unspecified atom stereocenters. The van der Waals surface area contributed by atoms with Crippen molar-refractivity contribution in [1.29, 1.82) is 5.26 Å². The molecule has 1 aliphatic carbocycles. The van der Waals surface area contributed by atoms with E-state index in [1.54, 1.807) is 18.2 Å². The standard InChI is InChI=1S/C30H27F2N5O4/c1-29(2)18-13-36(25(38)21-10-16-19(34-21)8-5-9-22(16)41-28(31)32)24(23(18)29)26(39)37-14-30(11-15(37)12-33)17-6-3-4-7-20(17)35-27(30)40/h3-10,15,18,23-24,28,34H,11,13-14H2,1-2H3,(H,35,40)/t15-,18-,23-,24-,30-/m0/s1. The highest BCUT2D eigenvalue weighted by Gasteiger charge is 2.70. The molecule has 3 fully saturated rings. The van der Waals surface area contributed by atoms with Gasteiger partial charge in [-0.05, 0) is 47.1 Å². The van der Waals surface area contributed by atoms with Crippen LogP contribution >= 0.6 is 0 Å². The summed E-state index contributed by atoms with van der Waals surface area (Å²) in [7, 11) is 0. The first-order valence-electron chi connectivity index (χ1n) is 13.6. The Balaban J connectivity index is 1.22. The molecule has 2 saturated heterocycles. The number of benzene rings is 2. The molecule has 5 atom stereocenters. The minimum atomic E-state index is -3.02. The number of aromatic nitrogens is 1. The molecular formula is C30H27F2N5O4. The van der Waals surface area contributed by atoms with Crippen LogP contribution in [0, 0.1) is 28.6 Å². The van der Waals surface area contributed by atoms with Crippen LogP contribution in [0.1, 0.15) is 36.3 Å². The number of H-pyrrole nitrogens is 1. The van der Waals surface area contributed by atoms with E-state index >= 15 is 0 Å². The fourth-order valence-corrected chi connectivity index (χ4v) is 7.53. The summed E-state index contributed by atoms with van der Waals surface area (Å²) in [6, 6.07) is 14.0. The maximum atomic E-state index is 14.3. The Morgan fingerprint density at radius 2 is 1.93 bits per heavy atom. The normalized spacial score (nSPS) is 29.0. The second-order valence-electron chi connectivity index (χ2n) is 12.0. The number of nitrogens with zero attached hydrogens (tertiary/aromatic N) is 3. The van der Waals surface area contributed by atoms with Crippen LogP contribution in [0.25, 0.3) is 10.9 Å². The molecule has 2 aromatic carbocycles. The SMILES string of the molecule is CC1(C)[C@@H]2[C@@H](C(=O)N3C[C@]4(C[C@H]3C#N)C(=O)Nc3ccccc34)N(C(=O)c3cc4c(OC(F)F)cccc4[nH]3)C[C@@H]21. The van der Waals surface area contributed by atoms with Gasteiger partial charge in [-0.15, -0.1) is 0 Å². The molecule has 210 valence electrons. The van der Waals surface area contributed by atoms with Gasteiger partial charge in [-0.1, -0.05) is 38.1 Å². The van der Waals surface area contributed by atoms with Gasteiger partial charge in [-0.3, -0.25) is 14.4 Å². The highest BCUT2D eigenvalue weighted by atomic mass is 19.3. The lowest BCUT2D eigenvalue weighted by molar-refractivity contribution is -0.136. The maximum absolute atomic E-state index is 14.3. The van der Waals surface area contributed by atoms with Gasteiger partial charge in [-0.2, -0.15) is 14.0 Å². The zero-order valence-electron chi connectivity index (χ0n) is 22.4. The van der Waals surface area contributed by atoms with Gasteiger partial charge in [0.2, 0.25) is 11.8 Å². The average Bonchev–Trinajstić information content (AvgIpc) is 3.52. The molecule has 1 aromatic heterocycles. The van der Waals surface area contributed by atoms with Gasteiger partial charge in [0.05, 0.1) is 11.5 Å². The summed E-state index contributed by atoms with van der Waals surface area (Å²) in [6.45, 7) is 1.51. The van der Waals surface area contributed by atoms with Crippen molar-refractivity contribution >= 4 is 34.3 Å². The van der Waals surface area contributed by atoms with Crippen LogP contribution in [0.2, 0.25) is 0 Å². The van der Waals surface area contributed by atoms with Gasteiger partial charge in [0.25, 0.3) is 5.91 Å². The number of alkyl halides is 2. The van der Waals surface area contributed by atoms with Crippen molar-refractivity contribution in [3.8, 4) is 11.8 Å². The molecule has 4 heterocycles. The van der Waals surface area contributed by atoms with Crippen molar-refractivity contribution in [1.82, 2.24) is 14.8 Å². The molecule has 3 amide bonds. The molecule has 0 radical (unpaired) electrons. The van der Waals surface area contributed by atoms with Crippen LogP contribution in [0.5, 0.6) is 5.75 Å². The third-order valence-electron chi connectivity index (χ3n) is 9.71. The summed E-state index contributed by atoms with van der Waals surface area (Å²) in [4.78, 5) is 47.4. The first-order valence-corrected chi connectivity index (χ1v) is 13.6. The van der Waals surface area contributed by atoms with E-state index in [2.05, 4.69) is 35.0 Å². The fourth-order valence-electron chi connectivity index (χ4n) is 7.53. The van der Waals surface area contributed by atoms with E-state index < -0.39 is 30.0 Å². The molecule has 1 saturated carbocycles. The Morgan fingerprint density at radius 1 is 1.15 bits per heavy atom. The van der Waals surface area contributed by atoms with Crippen LogP contribution in [-0.2, 0) is 15.0 Å². The summed E-state index contributed by atoms with van der Waals surface area (Å²) in [5.41, 5.74) is 0.851. The number of halogens is 2. The van der Waals surface area contributed by atoms with Crippen LogP contribution in [0.15, 0.2) is 48.5 Å². The topological polar surface area (TPSA) is 119 Å². The molecule has 41 heavy (non-hydrogen) atoms. The zero-order valence-corrected chi connectivity index (χ0v) is 22.4. The number of amides is 3. The van der Waals surface area contributed by atoms with Crippen molar-refractivity contribution < 1.29 is 27.9 Å². The Bertz CT molecular complexity index is 1680. The molecule has 11 heteroatoms. The highest BCUT2D eigenvalue weighted by Crippen LogP contribution is 2.65. The van der Waals surface area contributed by atoms with Crippen LogP contribution in [0.4, 0.5) is 14.5 Å². The number of para-hydroxylation sites is 1. The first-order chi connectivity index (χ1) is 19.6. The highest BCUT2D eigenvalue weighted by molar-refractivity contribution is 6.08. The molecule has 4 aliphatic rings. The number of anilines is 1. The summed E-state index contributed by atoms with van der Waals surface area (Å²) >= 11 is 0. The van der Waals surface area contributed by atoms with E-state index in [-0.39, 0.29) is 53.5 Å². The lowest BCUT2D eigenvalue weighted by atomic mass is 9.80. The Labute approximate surface area is 234 Å². The largest absolute Gasteiger partial charge is 0.434 e. The summed E-state index contributed by atoms with van der Waals surface area (Å²) in [5, 5.41) is 13.3. The molecule has 3 aliphatic heterocycles. The van der Waals surface area contributed by atoms with E-state index in [0.29, 0.717) is 23.1 Å². The Kier molecular flexibility index (Phi) is 5.30. The van der Waals surface area contributed by atoms with Crippen LogP contribution < -0.4 is 10.1 Å². The minimum Gasteiger partial charge on any atom is -0.434 e. The van der Waals surface area contributed by atoms with E-state index in [1.807, 2.05) is 18.2 Å². The number of hydrogen-bond acceptors (Lipinski definition) is 5. The lowest BCUT2D eigenvalue weighted by Crippen LogP contribution is -2.53. The number of nitriles is 1. The van der Waals surface area contributed by atoms with Gasteiger partial charge in [0, 0.05) is 36.1 Å². The number of fused-ring (bicyclic) bond motifs is 4. The first kappa shape index (κ1) is 25.5. The number of ether oxygens (including phenoxy) is 1. The predicted octanol–water partition coefficient (Wildman–Crippen LogP) is 3.88. The molecule has 3 aromatic rings. The number of aromatic amines is 1. The van der Waals surface area contributed by atoms with Crippen molar-refractivity contribution in [3.63, 3.8) is 0 Å². The quantitative estimate of drug-likeness (QED) is 0.503. The number of piperidine rings is 1. The molecular weight excluding hydrogens is 532 g/mol. The number of carbonyl (C=O) groups excluding carboxylic acids is 3. The second kappa shape index (κ2) is 8.52. The number of likely N-dealkylation sites (tertiary alicyclic amines) is 2. The van der Waals surface area contributed by atoms with Gasteiger partial charge in [-0.25, -0.2) is 0 Å². The maximum Gasteiger partial charge on any atom is 0.387 e. The average molecular weight is 560 g/mol. The van der Waals surface area contributed by atoms with E-state index in [4.69, 9.17) is 0 Å². The Hall–Kier alpha value is -4.46. The molecule has 0 bridgehead atoms. The van der Waals surface area contributed by atoms with Gasteiger partial charge in [0.15, 0.2) is 0 Å². The van der Waals surface area contributed by atoms with E-state index in [0.717, 1.165) is 5.56 Å². The number of hydrogen-bond donors (Lipinski definition) is 2. The predicted molar refractivity (Wildman–Crippen MR) is 143 cm³/mol. The lowest BCUT2D eigenvalue weighted by Gasteiger charge is -2.33. The van der Waals surface area contributed by atoms with Gasteiger partial charge >= 0.3 is 6.61 Å². The zero-order chi connectivity index (χ0) is 28.8. The van der Waals surface area contributed by atoms with E-state index in [9.17, 15) is 28.4 Å². The molecule has 1 spiro atoms. The number of rotatable bonds is 4. The van der Waals surface area contributed by atoms with Crippen molar-refractivity contribution in [2.45, 2.75) is 44.4 Å². The minimum absolute atomic E-state index is 0.0456. The number of carbonyl (C=O) groups is 3. The van der Waals surface area contributed by atoms with Crippen molar-refractivity contribution in [2.75, 3.05) is 18.4 Å². The summed E-state index contributed by atoms with van der Waals surface area (Å²) in [6.07, 6.45) is 0.172. The molecule has 7 rings (SSSR count). The third-order valence-corrected chi connectivity index (χ3v) is 9.71. The van der Waals surface area contributed by atoms with Gasteiger partial charge in [0.1, 0.15) is 23.5 Å². The molecule has 9 nitrogen and oxygen atoms in total. The monoisotopic (exact) mass is 559 g/mol. The van der Waals surface area contributed by atoms with Crippen LogP contribution in [0.3, 0.4) is 0 Å². The van der Waals surface area contributed by atoms with Crippen molar-refractivity contribution in [3.05, 3.63) is 59.8 Å². The van der Waals surface area contributed by atoms with Crippen LogP contribution in [-0.4, -0.2) is 64.3 Å². The Morgan fingerprint density at radius 3 is 2.68 bits per heavy atom. The fraction of sp³-hybridized carbons (Fsp3) is 0.400. The van der Waals surface area contributed by atoms with Gasteiger partial charge < -0.3 is 24.8 Å². The van der Waals surface area contributed by atoms with Crippen molar-refractivity contribution in [2.24, 2.45) is 17.3 Å². The smallest absolute Gasteiger partial charge is 0.387 e.